The highest BCUT2D eigenvalue weighted by Crippen LogP contribution is 2.23. The van der Waals surface area contributed by atoms with Gasteiger partial charge in [-0.2, -0.15) is 0 Å². The Labute approximate surface area is 159 Å². The van der Waals surface area contributed by atoms with E-state index in [1.165, 1.54) is 24.0 Å². The number of Topliss-reactive ketones (excluding diaryl/α,β-unsaturated/α-hetero) is 1. The third-order valence-electron chi connectivity index (χ3n) is 4.87. The lowest BCUT2D eigenvalue weighted by Gasteiger charge is -2.16. The Hall–Kier alpha value is -2.95. The number of fused-ring (bicyclic) bond motifs is 1. The van der Waals surface area contributed by atoms with Gasteiger partial charge in [0.2, 0.25) is 11.8 Å². The first kappa shape index (κ1) is 18.8. The van der Waals surface area contributed by atoms with Crippen LogP contribution < -0.4 is 11.1 Å². The van der Waals surface area contributed by atoms with Crippen LogP contribution in [0, 0.1) is 0 Å². The molecule has 0 radical (unpaired) electrons. The molecule has 0 saturated carbocycles. The minimum Gasteiger partial charge on any atom is -0.369 e. The van der Waals surface area contributed by atoms with Crippen molar-refractivity contribution in [3.8, 4) is 0 Å². The zero-order valence-corrected chi connectivity index (χ0v) is 15.3. The van der Waals surface area contributed by atoms with E-state index in [4.69, 9.17) is 5.73 Å². The van der Waals surface area contributed by atoms with Gasteiger partial charge in [-0.3, -0.25) is 14.4 Å². The van der Waals surface area contributed by atoms with Crippen molar-refractivity contribution in [1.82, 2.24) is 0 Å². The lowest BCUT2D eigenvalue weighted by molar-refractivity contribution is -0.117. The Balaban J connectivity index is 1.51. The van der Waals surface area contributed by atoms with Crippen LogP contribution in [-0.4, -0.2) is 17.6 Å². The zero-order valence-electron chi connectivity index (χ0n) is 15.3. The number of ketones is 1. The Morgan fingerprint density at radius 3 is 2.30 bits per heavy atom. The normalized spacial score (nSPS) is 12.9. The van der Waals surface area contributed by atoms with Gasteiger partial charge in [0, 0.05) is 24.1 Å². The Morgan fingerprint density at radius 2 is 1.59 bits per heavy atom. The van der Waals surface area contributed by atoms with Gasteiger partial charge in [-0.1, -0.05) is 24.3 Å². The Bertz CT molecular complexity index is 856. The van der Waals surface area contributed by atoms with Crippen LogP contribution in [-0.2, 0) is 28.9 Å². The highest BCUT2D eigenvalue weighted by molar-refractivity contribution is 6.00. The molecule has 0 spiro atoms. The van der Waals surface area contributed by atoms with E-state index in [1.807, 2.05) is 12.1 Å². The van der Waals surface area contributed by atoms with Crippen LogP contribution in [0.2, 0.25) is 0 Å². The van der Waals surface area contributed by atoms with Gasteiger partial charge in [-0.15, -0.1) is 0 Å². The zero-order chi connectivity index (χ0) is 19.2. The van der Waals surface area contributed by atoms with Gasteiger partial charge in [-0.05, 0) is 60.6 Å². The number of benzene rings is 2. The molecular weight excluding hydrogens is 340 g/mol. The Kier molecular flexibility index (Phi) is 6.01. The summed E-state index contributed by atoms with van der Waals surface area (Å²) in [6.07, 6.45) is 5.00. The van der Waals surface area contributed by atoms with Crippen molar-refractivity contribution in [3.05, 3.63) is 64.7 Å². The van der Waals surface area contributed by atoms with E-state index in [2.05, 4.69) is 11.4 Å². The molecule has 5 heteroatoms. The Morgan fingerprint density at radius 1 is 0.889 bits per heavy atom. The number of aryl methyl sites for hydroxylation is 2. The van der Waals surface area contributed by atoms with Crippen molar-refractivity contribution in [1.29, 1.82) is 0 Å². The average Bonchev–Trinajstić information content (AvgIpc) is 2.67. The van der Waals surface area contributed by atoms with Gasteiger partial charge in [0.15, 0.2) is 5.78 Å². The maximum absolute atomic E-state index is 12.4. The van der Waals surface area contributed by atoms with E-state index in [0.717, 1.165) is 18.4 Å². The van der Waals surface area contributed by atoms with Crippen LogP contribution >= 0.6 is 0 Å². The summed E-state index contributed by atoms with van der Waals surface area (Å²) in [6.45, 7) is 0. The highest BCUT2D eigenvalue weighted by atomic mass is 16.2. The van der Waals surface area contributed by atoms with E-state index in [0.29, 0.717) is 11.3 Å². The van der Waals surface area contributed by atoms with Crippen LogP contribution in [0.15, 0.2) is 42.5 Å². The highest BCUT2D eigenvalue weighted by Gasteiger charge is 2.14. The quantitative estimate of drug-likeness (QED) is 0.740. The minimum atomic E-state index is -0.396. The molecule has 3 rings (SSSR count). The van der Waals surface area contributed by atoms with E-state index < -0.39 is 5.91 Å². The first-order chi connectivity index (χ1) is 13.0. The topological polar surface area (TPSA) is 89.3 Å². The van der Waals surface area contributed by atoms with Crippen LogP contribution in [0.25, 0.3) is 0 Å². The van der Waals surface area contributed by atoms with Crippen molar-refractivity contribution < 1.29 is 14.4 Å². The van der Waals surface area contributed by atoms with E-state index in [9.17, 15) is 14.4 Å². The molecule has 0 bridgehead atoms. The number of rotatable bonds is 7. The molecular formula is C22H24N2O3. The number of nitrogens with one attached hydrogen (secondary N) is 1. The SMILES string of the molecule is NC(=O)Cc1ccc(NC(=O)CCC(=O)c2ccc3c(c2)CCCC3)cc1. The van der Waals surface area contributed by atoms with Crippen molar-refractivity contribution in [2.45, 2.75) is 44.9 Å². The number of primary amides is 1. The van der Waals surface area contributed by atoms with Crippen molar-refractivity contribution in [3.63, 3.8) is 0 Å². The summed E-state index contributed by atoms with van der Waals surface area (Å²) in [7, 11) is 0. The molecule has 2 aromatic rings. The second-order valence-corrected chi connectivity index (χ2v) is 7.00. The molecule has 0 atom stereocenters. The molecule has 0 fully saturated rings. The molecule has 1 aliphatic rings. The summed E-state index contributed by atoms with van der Waals surface area (Å²) in [5.41, 5.74) is 9.89. The number of hydrogen-bond donors (Lipinski definition) is 2. The monoisotopic (exact) mass is 364 g/mol. The standard InChI is InChI=1S/C22H24N2O3/c23-21(26)13-15-5-9-19(10-6-15)24-22(27)12-11-20(25)18-8-7-16-3-1-2-4-17(16)14-18/h5-10,14H,1-4,11-13H2,(H2,23,26)(H,24,27). The fraction of sp³-hybridized carbons (Fsp3) is 0.318. The number of hydrogen-bond acceptors (Lipinski definition) is 3. The largest absolute Gasteiger partial charge is 0.369 e. The maximum atomic E-state index is 12.4. The number of carbonyl (C=O) groups is 3. The first-order valence-electron chi connectivity index (χ1n) is 9.33. The molecule has 0 saturated heterocycles. The molecule has 0 heterocycles. The average molecular weight is 364 g/mol. The second-order valence-electron chi connectivity index (χ2n) is 7.00. The van der Waals surface area contributed by atoms with Crippen molar-refractivity contribution >= 4 is 23.3 Å². The van der Waals surface area contributed by atoms with Gasteiger partial charge in [-0.25, -0.2) is 0 Å². The summed E-state index contributed by atoms with van der Waals surface area (Å²) in [6, 6.07) is 12.9. The summed E-state index contributed by atoms with van der Waals surface area (Å²) in [5, 5.41) is 2.77. The van der Waals surface area contributed by atoms with Gasteiger partial charge in [0.05, 0.1) is 6.42 Å². The minimum absolute atomic E-state index is 0.00432. The summed E-state index contributed by atoms with van der Waals surface area (Å²) < 4.78 is 0. The van der Waals surface area contributed by atoms with Gasteiger partial charge in [0.1, 0.15) is 0 Å². The lowest BCUT2D eigenvalue weighted by Crippen LogP contribution is -2.15. The smallest absolute Gasteiger partial charge is 0.224 e. The number of nitrogens with two attached hydrogens (primary N) is 1. The van der Waals surface area contributed by atoms with E-state index >= 15 is 0 Å². The third kappa shape index (κ3) is 5.26. The molecule has 1 aliphatic carbocycles. The van der Waals surface area contributed by atoms with Gasteiger partial charge >= 0.3 is 0 Å². The van der Waals surface area contributed by atoms with E-state index in [-0.39, 0.29) is 31.0 Å². The third-order valence-corrected chi connectivity index (χ3v) is 4.87. The van der Waals surface area contributed by atoms with Gasteiger partial charge in [0.25, 0.3) is 0 Å². The molecule has 0 aromatic heterocycles. The predicted octanol–water partition coefficient (Wildman–Crippen LogP) is 3.19. The molecule has 3 N–H and O–H groups in total. The predicted molar refractivity (Wildman–Crippen MR) is 105 cm³/mol. The molecule has 2 aromatic carbocycles. The summed E-state index contributed by atoms with van der Waals surface area (Å²) >= 11 is 0. The van der Waals surface area contributed by atoms with Crippen molar-refractivity contribution in [2.24, 2.45) is 5.73 Å². The first-order valence-corrected chi connectivity index (χ1v) is 9.33. The van der Waals surface area contributed by atoms with E-state index in [1.54, 1.807) is 24.3 Å². The van der Waals surface area contributed by atoms with Gasteiger partial charge < -0.3 is 11.1 Å². The number of anilines is 1. The molecule has 140 valence electrons. The number of carbonyl (C=O) groups excluding carboxylic acids is 3. The second kappa shape index (κ2) is 8.62. The molecule has 5 nitrogen and oxygen atoms in total. The fourth-order valence-corrected chi connectivity index (χ4v) is 3.41. The fourth-order valence-electron chi connectivity index (χ4n) is 3.41. The lowest BCUT2D eigenvalue weighted by atomic mass is 9.89. The van der Waals surface area contributed by atoms with Crippen LogP contribution in [0.1, 0.15) is 52.7 Å². The summed E-state index contributed by atoms with van der Waals surface area (Å²) in [5.74, 6) is -0.605. The number of amides is 2. The van der Waals surface area contributed by atoms with Crippen LogP contribution in [0.4, 0.5) is 5.69 Å². The molecule has 0 aliphatic heterocycles. The summed E-state index contributed by atoms with van der Waals surface area (Å²) in [4.78, 5) is 35.4. The maximum Gasteiger partial charge on any atom is 0.224 e. The van der Waals surface area contributed by atoms with Crippen molar-refractivity contribution in [2.75, 3.05) is 5.32 Å². The molecule has 0 unspecified atom stereocenters. The molecule has 2 amide bonds. The molecule has 27 heavy (non-hydrogen) atoms. The van der Waals surface area contributed by atoms with Crippen LogP contribution in [0.3, 0.4) is 0 Å². The van der Waals surface area contributed by atoms with Crippen LogP contribution in [0.5, 0.6) is 0 Å².